The first-order valence-corrected chi connectivity index (χ1v) is 2.22. The molecule has 1 aromatic heterocycles. The molecule has 0 unspecified atom stereocenters. The fourth-order valence-corrected chi connectivity index (χ4v) is 0.373. The summed E-state index contributed by atoms with van der Waals surface area (Å²) in [4.78, 5) is 3.69. The topological polar surface area (TPSA) is 29.9 Å². The summed E-state index contributed by atoms with van der Waals surface area (Å²) in [7, 11) is 0. The predicted octanol–water partition coefficient (Wildman–Crippen LogP) is -0.0180. The molecule has 0 aliphatic carbocycles. The molecule has 1 rings (SSSR count). The normalized spacial score (nSPS) is 9.29. The highest BCUT2D eigenvalue weighted by Crippen LogP contribution is 1.65. The molecule has 0 spiro atoms. The number of aryl methyl sites for hydroxylation is 1. The van der Waals surface area contributed by atoms with Crippen molar-refractivity contribution in [2.24, 2.45) is 0 Å². The molecule has 7 heavy (non-hydrogen) atoms. The minimum Gasteiger partial charge on any atom is -0.262 e. The second-order valence-corrected chi connectivity index (χ2v) is 1.21. The Balaban J connectivity index is 2.76. The van der Waals surface area contributed by atoms with E-state index in [4.69, 9.17) is 4.52 Å². The largest absolute Gasteiger partial charge is 0.341 e. The molecule has 0 amide bonds. The maximum absolute atomic E-state index is 4.79. The van der Waals surface area contributed by atoms with E-state index in [1.54, 1.807) is 11.1 Å². The Labute approximate surface area is 41.6 Å². The molecule has 0 aromatic carbocycles. The van der Waals surface area contributed by atoms with Crippen LogP contribution in [-0.4, -0.2) is 4.98 Å². The molecule has 3 heteroatoms. The Morgan fingerprint density at radius 2 is 2.71 bits per heavy atom. The van der Waals surface area contributed by atoms with Crippen molar-refractivity contribution in [2.45, 2.75) is 13.5 Å². The molecular formula is C4H7N2O+. The molecule has 1 heterocycles. The van der Waals surface area contributed by atoms with Crippen molar-refractivity contribution in [2.75, 3.05) is 0 Å². The molecule has 0 saturated heterocycles. The molecule has 0 saturated carbocycles. The maximum atomic E-state index is 4.79. The van der Waals surface area contributed by atoms with Crippen molar-refractivity contribution < 1.29 is 9.26 Å². The fourth-order valence-electron chi connectivity index (χ4n) is 0.373. The smallest absolute Gasteiger partial charge is 0.262 e. The molecule has 0 bridgehead atoms. The molecule has 0 fully saturated rings. The van der Waals surface area contributed by atoms with Gasteiger partial charge in [-0.15, -0.1) is 0 Å². The summed E-state index contributed by atoms with van der Waals surface area (Å²) < 4.78 is 6.43. The Hall–Kier alpha value is -0.860. The zero-order chi connectivity index (χ0) is 5.11. The van der Waals surface area contributed by atoms with Crippen molar-refractivity contribution >= 4 is 0 Å². The lowest BCUT2D eigenvalue weighted by atomic mass is 10.8. The van der Waals surface area contributed by atoms with Crippen LogP contribution in [0.1, 0.15) is 6.92 Å². The molecule has 38 valence electrons. The minimum atomic E-state index is 0.847. The molecule has 0 atom stereocenters. The number of hydrogen-bond donors (Lipinski definition) is 0. The first-order valence-electron chi connectivity index (χ1n) is 2.22. The van der Waals surface area contributed by atoms with E-state index in [9.17, 15) is 0 Å². The second kappa shape index (κ2) is 1.73. The fraction of sp³-hybridized carbons (Fsp3) is 0.500. The molecule has 0 aliphatic heterocycles. The number of hydrogen-bond acceptors (Lipinski definition) is 2. The summed E-state index contributed by atoms with van der Waals surface area (Å²) >= 11 is 0. The second-order valence-electron chi connectivity index (χ2n) is 1.21. The lowest BCUT2D eigenvalue weighted by molar-refractivity contribution is -0.862. The monoisotopic (exact) mass is 99.1 g/mol. The van der Waals surface area contributed by atoms with E-state index in [1.165, 1.54) is 6.39 Å². The van der Waals surface area contributed by atoms with Gasteiger partial charge in [-0.2, -0.15) is 0 Å². The van der Waals surface area contributed by atoms with E-state index >= 15 is 0 Å². The predicted molar refractivity (Wildman–Crippen MR) is 22.4 cm³/mol. The quantitative estimate of drug-likeness (QED) is 0.463. The van der Waals surface area contributed by atoms with Crippen molar-refractivity contribution in [3.8, 4) is 0 Å². The Bertz CT molecular complexity index is 124. The van der Waals surface area contributed by atoms with Crippen molar-refractivity contribution in [3.05, 3.63) is 12.7 Å². The number of aromatic nitrogens is 2. The Morgan fingerprint density at radius 3 is 3.00 bits per heavy atom. The number of nitrogens with zero attached hydrogens (tertiary/aromatic N) is 2. The van der Waals surface area contributed by atoms with E-state index in [-0.39, 0.29) is 0 Å². The van der Waals surface area contributed by atoms with Crippen LogP contribution in [0.3, 0.4) is 0 Å². The van der Waals surface area contributed by atoms with Crippen LogP contribution in [0.15, 0.2) is 17.2 Å². The molecular weight excluding hydrogens is 92.1 g/mol. The van der Waals surface area contributed by atoms with E-state index in [2.05, 4.69) is 4.98 Å². The third-order valence-electron chi connectivity index (χ3n) is 0.751. The van der Waals surface area contributed by atoms with Crippen molar-refractivity contribution in [3.63, 3.8) is 0 Å². The highest BCUT2D eigenvalue weighted by atomic mass is 16.5. The summed E-state index contributed by atoms with van der Waals surface area (Å²) in [6.07, 6.45) is 3.05. The third kappa shape index (κ3) is 0.765. The number of rotatable bonds is 1. The molecule has 0 radical (unpaired) electrons. The molecule has 3 nitrogen and oxygen atoms in total. The van der Waals surface area contributed by atoms with Gasteiger partial charge in [0.25, 0.3) is 0 Å². The van der Waals surface area contributed by atoms with E-state index in [0.717, 1.165) is 6.54 Å². The summed E-state index contributed by atoms with van der Waals surface area (Å²) in [6.45, 7) is 2.84. The van der Waals surface area contributed by atoms with Crippen LogP contribution in [0.4, 0.5) is 0 Å². The SMILES string of the molecule is CC[n+]1cnco1. The lowest BCUT2D eigenvalue weighted by Gasteiger charge is -1.75. The van der Waals surface area contributed by atoms with Gasteiger partial charge < -0.3 is 0 Å². The van der Waals surface area contributed by atoms with Gasteiger partial charge >= 0.3 is 12.7 Å². The highest BCUT2D eigenvalue weighted by molar-refractivity contribution is 4.27. The van der Waals surface area contributed by atoms with Crippen LogP contribution in [-0.2, 0) is 6.54 Å². The molecule has 0 aliphatic rings. The van der Waals surface area contributed by atoms with Crippen molar-refractivity contribution in [1.82, 2.24) is 4.98 Å². The maximum Gasteiger partial charge on any atom is 0.341 e. The van der Waals surface area contributed by atoms with Gasteiger partial charge in [0.05, 0.1) is 0 Å². The van der Waals surface area contributed by atoms with Crippen LogP contribution in [0.2, 0.25) is 0 Å². The van der Waals surface area contributed by atoms with Gasteiger partial charge in [0.2, 0.25) is 0 Å². The molecule has 0 N–H and O–H groups in total. The van der Waals surface area contributed by atoms with Crippen LogP contribution in [0.25, 0.3) is 0 Å². The lowest BCUT2D eigenvalue weighted by Crippen LogP contribution is -2.27. The van der Waals surface area contributed by atoms with Gasteiger partial charge in [-0.3, -0.25) is 4.52 Å². The Morgan fingerprint density at radius 1 is 1.86 bits per heavy atom. The highest BCUT2D eigenvalue weighted by Gasteiger charge is 1.91. The zero-order valence-electron chi connectivity index (χ0n) is 4.16. The van der Waals surface area contributed by atoms with Crippen molar-refractivity contribution in [1.29, 1.82) is 0 Å². The third-order valence-corrected chi connectivity index (χ3v) is 0.751. The zero-order valence-corrected chi connectivity index (χ0v) is 4.16. The minimum absolute atomic E-state index is 0.847. The first kappa shape index (κ1) is 4.30. The average molecular weight is 99.1 g/mol. The van der Waals surface area contributed by atoms with Gasteiger partial charge in [-0.1, -0.05) is 4.74 Å². The van der Waals surface area contributed by atoms with Crippen LogP contribution in [0.5, 0.6) is 0 Å². The van der Waals surface area contributed by atoms with E-state index in [0.29, 0.717) is 0 Å². The first-order chi connectivity index (χ1) is 3.43. The van der Waals surface area contributed by atoms with Crippen LogP contribution >= 0.6 is 0 Å². The Kier molecular flexibility index (Phi) is 1.06. The summed E-state index contributed by atoms with van der Waals surface area (Å²) in [6, 6.07) is 0. The van der Waals surface area contributed by atoms with E-state index in [1.807, 2.05) is 6.92 Å². The molecule has 1 aromatic rings. The van der Waals surface area contributed by atoms with Crippen LogP contribution < -0.4 is 4.74 Å². The van der Waals surface area contributed by atoms with Gasteiger partial charge in [-0.05, 0) is 11.9 Å². The van der Waals surface area contributed by atoms with Gasteiger partial charge in [0.15, 0.2) is 0 Å². The standard InChI is InChI=1S/C4H7N2O/c1-2-6-3-5-4-7-6/h3-4H,2H2,1H3/q+1. The van der Waals surface area contributed by atoms with E-state index < -0.39 is 0 Å². The average Bonchev–Trinajstić information content (AvgIpc) is 2.14. The summed E-state index contributed by atoms with van der Waals surface area (Å²) in [5.41, 5.74) is 0. The van der Waals surface area contributed by atoms with Gasteiger partial charge in [0.1, 0.15) is 6.54 Å². The summed E-state index contributed by atoms with van der Waals surface area (Å²) in [5.74, 6) is 0. The van der Waals surface area contributed by atoms with Crippen LogP contribution in [0, 0.1) is 0 Å². The van der Waals surface area contributed by atoms with Gasteiger partial charge in [-0.25, -0.2) is 0 Å². The summed E-state index contributed by atoms with van der Waals surface area (Å²) in [5, 5.41) is 0. The van der Waals surface area contributed by atoms with Gasteiger partial charge in [0, 0.05) is 0 Å².